The number of hydrogen-bond acceptors (Lipinski definition) is 7. The molecule has 0 radical (unpaired) electrons. The van der Waals surface area contributed by atoms with Crippen molar-refractivity contribution in [2.45, 2.75) is 25.6 Å². The number of nitrogens with zero attached hydrogens (tertiary/aromatic N) is 4. The molecule has 1 saturated heterocycles. The number of methoxy groups -OCH3 is 1. The van der Waals surface area contributed by atoms with Crippen LogP contribution in [0.15, 0.2) is 24.4 Å². The molecule has 0 amide bonds. The average molecular weight is 409 g/mol. The first-order chi connectivity index (χ1) is 13.5. The van der Waals surface area contributed by atoms with Crippen LogP contribution in [0.4, 0.5) is 9.52 Å². The molecule has 1 aliphatic rings. The molecule has 3 rings (SSSR count). The van der Waals surface area contributed by atoms with Crippen LogP contribution in [0.5, 0.6) is 5.75 Å². The molecule has 0 bridgehead atoms. The molecule has 0 saturated carbocycles. The number of piperazine rings is 1. The number of ether oxygens (including phenoxy) is 1. The van der Waals surface area contributed by atoms with Crippen molar-refractivity contribution in [3.63, 3.8) is 0 Å². The third-order valence-electron chi connectivity index (χ3n) is 5.09. The molecule has 0 unspecified atom stereocenters. The molecule has 6 nitrogen and oxygen atoms in total. The van der Waals surface area contributed by atoms with Crippen molar-refractivity contribution in [1.82, 2.24) is 14.8 Å². The maximum absolute atomic E-state index is 14.4. The van der Waals surface area contributed by atoms with E-state index in [-0.39, 0.29) is 18.5 Å². The highest BCUT2D eigenvalue weighted by Gasteiger charge is 2.27. The van der Waals surface area contributed by atoms with Gasteiger partial charge in [0.15, 0.2) is 5.13 Å². The monoisotopic (exact) mass is 408 g/mol. The molecule has 0 aliphatic carbocycles. The number of halogens is 1. The Morgan fingerprint density at radius 3 is 2.79 bits per heavy atom. The predicted molar refractivity (Wildman–Crippen MR) is 111 cm³/mol. The van der Waals surface area contributed by atoms with E-state index >= 15 is 0 Å². The molecular weight excluding hydrogens is 379 g/mol. The highest BCUT2D eigenvalue weighted by molar-refractivity contribution is 7.15. The van der Waals surface area contributed by atoms with Gasteiger partial charge in [-0.3, -0.25) is 9.80 Å². The largest absolute Gasteiger partial charge is 0.497 e. The van der Waals surface area contributed by atoms with Gasteiger partial charge in [-0.2, -0.15) is 0 Å². The second-order valence-corrected chi connectivity index (χ2v) is 8.43. The lowest BCUT2D eigenvalue weighted by Gasteiger charge is -2.41. The Hall–Kier alpha value is -1.74. The fourth-order valence-corrected chi connectivity index (χ4v) is 4.41. The van der Waals surface area contributed by atoms with Crippen molar-refractivity contribution in [1.29, 1.82) is 0 Å². The van der Waals surface area contributed by atoms with Gasteiger partial charge in [-0.15, -0.1) is 11.3 Å². The maximum atomic E-state index is 14.4. The van der Waals surface area contributed by atoms with E-state index in [1.54, 1.807) is 23.5 Å². The van der Waals surface area contributed by atoms with Crippen LogP contribution in [-0.4, -0.2) is 73.4 Å². The Morgan fingerprint density at radius 2 is 2.14 bits per heavy atom. The summed E-state index contributed by atoms with van der Waals surface area (Å²) < 4.78 is 19.4. The molecule has 1 aliphatic heterocycles. The lowest BCUT2D eigenvalue weighted by atomic mass is 10.1. The minimum Gasteiger partial charge on any atom is -0.497 e. The van der Waals surface area contributed by atoms with Crippen LogP contribution < -0.4 is 9.64 Å². The van der Waals surface area contributed by atoms with E-state index in [4.69, 9.17) is 4.74 Å². The zero-order valence-corrected chi connectivity index (χ0v) is 17.6. The lowest BCUT2D eigenvalue weighted by molar-refractivity contribution is 0.0497. The van der Waals surface area contributed by atoms with E-state index in [0.717, 1.165) is 31.3 Å². The second kappa shape index (κ2) is 9.65. The zero-order valence-electron chi connectivity index (χ0n) is 16.8. The standard InChI is InChI=1S/C20H29FN4O2S/c1-23(2)20-22-11-18(28-20)14-24-7-8-25(16(13-24)6-9-26)12-15-4-5-17(27-3)10-19(15)21/h4-5,10-11,16,26H,6-9,12-14H2,1-3H3/t16-/m1/s1. The fraction of sp³-hybridized carbons (Fsp3) is 0.550. The summed E-state index contributed by atoms with van der Waals surface area (Å²) in [7, 11) is 5.53. The summed E-state index contributed by atoms with van der Waals surface area (Å²) in [5, 5.41) is 10.5. The number of aromatic nitrogens is 1. The van der Waals surface area contributed by atoms with Crippen molar-refractivity contribution in [2.75, 3.05) is 52.3 Å². The van der Waals surface area contributed by atoms with Gasteiger partial charge in [-0.05, 0) is 12.5 Å². The Bertz CT molecular complexity index is 770. The van der Waals surface area contributed by atoms with E-state index in [2.05, 4.69) is 14.8 Å². The molecule has 1 aromatic heterocycles. The third-order valence-corrected chi connectivity index (χ3v) is 6.24. The maximum Gasteiger partial charge on any atom is 0.185 e. The minimum atomic E-state index is -0.245. The molecule has 1 atom stereocenters. The first-order valence-corrected chi connectivity index (χ1v) is 10.3. The average Bonchev–Trinajstić information content (AvgIpc) is 3.14. The summed E-state index contributed by atoms with van der Waals surface area (Å²) in [6.07, 6.45) is 2.63. The van der Waals surface area contributed by atoms with Crippen LogP contribution in [0.25, 0.3) is 0 Å². The summed E-state index contributed by atoms with van der Waals surface area (Å²) in [4.78, 5) is 12.4. The van der Waals surface area contributed by atoms with Gasteiger partial charge in [-0.25, -0.2) is 9.37 Å². The number of anilines is 1. The van der Waals surface area contributed by atoms with Crippen molar-refractivity contribution in [3.05, 3.63) is 40.7 Å². The SMILES string of the molecule is COc1ccc(CN2CCN(Cc3cnc(N(C)C)s3)C[C@H]2CCO)c(F)c1. The van der Waals surface area contributed by atoms with Gasteiger partial charge < -0.3 is 14.7 Å². The molecule has 2 heterocycles. The first kappa shape index (κ1) is 21.0. The summed E-state index contributed by atoms with van der Waals surface area (Å²) in [5.41, 5.74) is 0.662. The van der Waals surface area contributed by atoms with E-state index in [0.29, 0.717) is 24.3 Å². The summed E-state index contributed by atoms with van der Waals surface area (Å²) in [6, 6.07) is 5.21. The minimum absolute atomic E-state index is 0.130. The molecule has 28 heavy (non-hydrogen) atoms. The number of benzene rings is 1. The van der Waals surface area contributed by atoms with Gasteiger partial charge in [0.25, 0.3) is 0 Å². The quantitative estimate of drug-likeness (QED) is 0.724. The van der Waals surface area contributed by atoms with E-state index in [1.807, 2.05) is 25.2 Å². The highest BCUT2D eigenvalue weighted by atomic mass is 32.1. The number of hydrogen-bond donors (Lipinski definition) is 1. The molecule has 0 spiro atoms. The number of rotatable bonds is 8. The summed E-state index contributed by atoms with van der Waals surface area (Å²) in [5.74, 6) is 0.282. The second-order valence-electron chi connectivity index (χ2n) is 7.33. The molecule has 1 N–H and O–H groups in total. The summed E-state index contributed by atoms with van der Waals surface area (Å²) in [6.45, 7) is 4.14. The van der Waals surface area contributed by atoms with Crippen molar-refractivity contribution in [2.24, 2.45) is 0 Å². The number of aliphatic hydroxyl groups excluding tert-OH is 1. The molecular formula is C20H29FN4O2S. The number of thiazole rings is 1. The van der Waals surface area contributed by atoms with E-state index < -0.39 is 0 Å². The smallest absolute Gasteiger partial charge is 0.185 e. The normalized spacial score (nSPS) is 18.4. The Kier molecular flexibility index (Phi) is 7.23. The van der Waals surface area contributed by atoms with Crippen LogP contribution in [0.3, 0.4) is 0 Å². The van der Waals surface area contributed by atoms with Gasteiger partial charge in [0.1, 0.15) is 11.6 Å². The lowest BCUT2D eigenvalue weighted by Crippen LogP contribution is -2.52. The van der Waals surface area contributed by atoms with Crippen molar-refractivity contribution < 1.29 is 14.2 Å². The molecule has 8 heteroatoms. The molecule has 1 aromatic carbocycles. The molecule has 154 valence electrons. The van der Waals surface area contributed by atoms with Crippen molar-refractivity contribution in [3.8, 4) is 5.75 Å². The Balaban J connectivity index is 1.63. The predicted octanol–water partition coefficient (Wildman–Crippen LogP) is 2.43. The van der Waals surface area contributed by atoms with Gasteiger partial charge in [0, 0.05) is 82.2 Å². The van der Waals surface area contributed by atoms with Crippen LogP contribution in [0.1, 0.15) is 16.9 Å². The Labute approximate surface area is 170 Å². The van der Waals surface area contributed by atoms with Crippen LogP contribution in [-0.2, 0) is 13.1 Å². The van der Waals surface area contributed by atoms with E-state index in [9.17, 15) is 9.50 Å². The molecule has 2 aromatic rings. The number of aliphatic hydroxyl groups is 1. The van der Waals surface area contributed by atoms with Crippen LogP contribution in [0, 0.1) is 5.82 Å². The molecule has 1 fully saturated rings. The van der Waals surface area contributed by atoms with Crippen molar-refractivity contribution >= 4 is 16.5 Å². The first-order valence-electron chi connectivity index (χ1n) is 9.52. The highest BCUT2D eigenvalue weighted by Crippen LogP contribution is 2.25. The van der Waals surface area contributed by atoms with Gasteiger partial charge >= 0.3 is 0 Å². The Morgan fingerprint density at radius 1 is 1.32 bits per heavy atom. The topological polar surface area (TPSA) is 52.1 Å². The third kappa shape index (κ3) is 5.20. The fourth-order valence-electron chi connectivity index (χ4n) is 3.53. The van der Waals surface area contributed by atoms with E-state index in [1.165, 1.54) is 18.1 Å². The van der Waals surface area contributed by atoms with Crippen LogP contribution >= 0.6 is 11.3 Å². The van der Waals surface area contributed by atoms with Gasteiger partial charge in [0.05, 0.1) is 7.11 Å². The zero-order chi connectivity index (χ0) is 20.1. The van der Waals surface area contributed by atoms with Crippen LogP contribution in [0.2, 0.25) is 0 Å². The summed E-state index contributed by atoms with van der Waals surface area (Å²) >= 11 is 1.71. The van der Waals surface area contributed by atoms with Gasteiger partial charge in [-0.1, -0.05) is 6.07 Å². The van der Waals surface area contributed by atoms with Gasteiger partial charge in [0.2, 0.25) is 0 Å².